The van der Waals surface area contributed by atoms with Gasteiger partial charge in [0.15, 0.2) is 0 Å². The van der Waals surface area contributed by atoms with E-state index in [1.807, 2.05) is 12.1 Å². The summed E-state index contributed by atoms with van der Waals surface area (Å²) >= 11 is 5.01. The summed E-state index contributed by atoms with van der Waals surface area (Å²) in [6, 6.07) is 10.4. The van der Waals surface area contributed by atoms with Crippen molar-refractivity contribution in [1.82, 2.24) is 10.6 Å². The van der Waals surface area contributed by atoms with Crippen LogP contribution < -0.4 is 10.6 Å². The van der Waals surface area contributed by atoms with E-state index in [-0.39, 0.29) is 18.3 Å². The number of carbonyl (C=O) groups is 1. The third-order valence-corrected chi connectivity index (χ3v) is 4.98. The van der Waals surface area contributed by atoms with Crippen LogP contribution in [0.1, 0.15) is 21.6 Å². The van der Waals surface area contributed by atoms with Gasteiger partial charge < -0.3 is 10.6 Å². The van der Waals surface area contributed by atoms with E-state index in [2.05, 4.69) is 44.8 Å². The highest BCUT2D eigenvalue weighted by atomic mass is 79.9. The monoisotopic (exact) mass is 386 g/mol. The second-order valence-corrected chi connectivity index (χ2v) is 7.41. The second kappa shape index (κ2) is 7.40. The van der Waals surface area contributed by atoms with Crippen LogP contribution in [0.15, 0.2) is 34.1 Å². The molecule has 0 fully saturated rings. The van der Waals surface area contributed by atoms with Crippen molar-refractivity contribution in [2.75, 3.05) is 0 Å². The maximum Gasteiger partial charge on any atom is 0.225 e. The molecule has 1 aromatic carbocycles. The molecule has 1 aromatic heterocycles. The summed E-state index contributed by atoms with van der Waals surface area (Å²) in [5, 5.41) is 6.30. The standard InChI is InChI=1S/C15H15BrN2OS.ClH/c16-14-4-3-13(20-14)6-15(19)18-7-10-1-2-11-8-17-9-12(11)5-10;/h1-5,17H,6-9H2,(H,18,19);1H. The van der Waals surface area contributed by atoms with Gasteiger partial charge in [0, 0.05) is 24.5 Å². The summed E-state index contributed by atoms with van der Waals surface area (Å²) in [5.41, 5.74) is 3.87. The van der Waals surface area contributed by atoms with Crippen molar-refractivity contribution in [3.63, 3.8) is 0 Å². The van der Waals surface area contributed by atoms with Gasteiger partial charge in [0.1, 0.15) is 0 Å². The van der Waals surface area contributed by atoms with E-state index in [1.54, 1.807) is 11.3 Å². The number of thiophene rings is 1. The Morgan fingerprint density at radius 2 is 2.05 bits per heavy atom. The van der Waals surface area contributed by atoms with Crippen LogP contribution in [-0.4, -0.2) is 5.91 Å². The molecular weight excluding hydrogens is 372 g/mol. The third kappa shape index (κ3) is 4.30. The zero-order valence-corrected chi connectivity index (χ0v) is 14.5. The molecule has 0 aliphatic carbocycles. The molecule has 1 amide bonds. The van der Waals surface area contributed by atoms with Crippen LogP contribution in [0, 0.1) is 0 Å². The maximum atomic E-state index is 11.9. The van der Waals surface area contributed by atoms with E-state index < -0.39 is 0 Å². The first kappa shape index (κ1) is 16.5. The largest absolute Gasteiger partial charge is 0.352 e. The molecule has 0 unspecified atom stereocenters. The van der Waals surface area contributed by atoms with E-state index in [4.69, 9.17) is 0 Å². The fourth-order valence-corrected chi connectivity index (χ4v) is 3.81. The van der Waals surface area contributed by atoms with Crippen LogP contribution >= 0.6 is 39.7 Å². The Hall–Kier alpha value is -0.880. The predicted octanol–water partition coefficient (Wildman–Crippen LogP) is 3.39. The summed E-state index contributed by atoms with van der Waals surface area (Å²) in [6.45, 7) is 2.48. The summed E-state index contributed by atoms with van der Waals surface area (Å²) in [6.07, 6.45) is 0.447. The van der Waals surface area contributed by atoms with E-state index in [1.165, 1.54) is 11.1 Å². The Morgan fingerprint density at radius 3 is 2.81 bits per heavy atom. The minimum Gasteiger partial charge on any atom is -0.352 e. The van der Waals surface area contributed by atoms with Crippen molar-refractivity contribution in [3.8, 4) is 0 Å². The smallest absolute Gasteiger partial charge is 0.225 e. The lowest BCUT2D eigenvalue weighted by Gasteiger charge is -2.06. The topological polar surface area (TPSA) is 41.1 Å². The Bertz CT molecular complexity index is 644. The molecule has 112 valence electrons. The number of nitrogens with one attached hydrogen (secondary N) is 2. The molecule has 3 nitrogen and oxygen atoms in total. The van der Waals surface area contributed by atoms with Gasteiger partial charge in [0.2, 0.25) is 5.91 Å². The second-order valence-electron chi connectivity index (χ2n) is 4.87. The van der Waals surface area contributed by atoms with Crippen LogP contribution in [-0.2, 0) is 30.8 Å². The lowest BCUT2D eigenvalue weighted by molar-refractivity contribution is -0.120. The number of benzene rings is 1. The molecule has 0 bridgehead atoms. The van der Waals surface area contributed by atoms with E-state index in [0.29, 0.717) is 13.0 Å². The van der Waals surface area contributed by atoms with Crippen molar-refractivity contribution >= 4 is 45.6 Å². The Labute approximate surface area is 142 Å². The average Bonchev–Trinajstić information content (AvgIpc) is 3.04. The number of fused-ring (bicyclic) bond motifs is 1. The number of hydrogen-bond acceptors (Lipinski definition) is 3. The fraction of sp³-hybridized carbons (Fsp3) is 0.267. The molecule has 0 spiro atoms. The number of hydrogen-bond donors (Lipinski definition) is 2. The van der Waals surface area contributed by atoms with Crippen LogP contribution in [0.2, 0.25) is 0 Å². The normalized spacial score (nSPS) is 12.6. The quantitative estimate of drug-likeness (QED) is 0.844. The SMILES string of the molecule is Cl.O=C(Cc1ccc(Br)s1)NCc1ccc2c(c1)CNC2. The maximum absolute atomic E-state index is 11.9. The third-order valence-electron chi connectivity index (χ3n) is 3.35. The van der Waals surface area contributed by atoms with Gasteiger partial charge in [-0.1, -0.05) is 18.2 Å². The number of amides is 1. The van der Waals surface area contributed by atoms with Crippen LogP contribution in [0.25, 0.3) is 0 Å². The highest BCUT2D eigenvalue weighted by Crippen LogP contribution is 2.22. The van der Waals surface area contributed by atoms with Crippen LogP contribution in [0.5, 0.6) is 0 Å². The van der Waals surface area contributed by atoms with Gasteiger partial charge in [-0.3, -0.25) is 4.79 Å². The average molecular weight is 388 g/mol. The molecule has 1 aliphatic heterocycles. The van der Waals surface area contributed by atoms with Gasteiger partial charge in [-0.2, -0.15) is 0 Å². The lowest BCUT2D eigenvalue weighted by atomic mass is 10.1. The first-order chi connectivity index (χ1) is 9.70. The lowest BCUT2D eigenvalue weighted by Crippen LogP contribution is -2.24. The van der Waals surface area contributed by atoms with Crippen molar-refractivity contribution in [1.29, 1.82) is 0 Å². The van der Waals surface area contributed by atoms with E-state index in [0.717, 1.165) is 27.3 Å². The van der Waals surface area contributed by atoms with Crippen molar-refractivity contribution in [2.24, 2.45) is 0 Å². The van der Waals surface area contributed by atoms with Gasteiger partial charge >= 0.3 is 0 Å². The van der Waals surface area contributed by atoms with Gasteiger partial charge in [-0.25, -0.2) is 0 Å². The first-order valence-electron chi connectivity index (χ1n) is 6.53. The molecule has 0 saturated carbocycles. The molecule has 3 rings (SSSR count). The number of halogens is 2. The van der Waals surface area contributed by atoms with Gasteiger partial charge in [0.05, 0.1) is 10.2 Å². The van der Waals surface area contributed by atoms with Gasteiger partial charge in [0.25, 0.3) is 0 Å². The predicted molar refractivity (Wildman–Crippen MR) is 91.8 cm³/mol. The molecule has 1 aliphatic rings. The van der Waals surface area contributed by atoms with E-state index >= 15 is 0 Å². The molecule has 2 aromatic rings. The Balaban J connectivity index is 0.00000161. The fourth-order valence-electron chi connectivity index (χ4n) is 2.33. The summed E-state index contributed by atoms with van der Waals surface area (Å²) in [7, 11) is 0. The number of rotatable bonds is 4. The molecule has 0 atom stereocenters. The number of carbonyl (C=O) groups excluding carboxylic acids is 1. The highest BCUT2D eigenvalue weighted by Gasteiger charge is 2.10. The molecule has 2 N–H and O–H groups in total. The zero-order valence-electron chi connectivity index (χ0n) is 11.3. The summed E-state index contributed by atoms with van der Waals surface area (Å²) in [5.74, 6) is 0.0676. The molecular formula is C15H16BrClN2OS. The Kier molecular flexibility index (Phi) is 5.81. The van der Waals surface area contributed by atoms with Crippen LogP contribution in [0.3, 0.4) is 0 Å². The minimum atomic E-state index is 0. The van der Waals surface area contributed by atoms with Crippen molar-refractivity contribution in [3.05, 3.63) is 55.7 Å². The minimum absolute atomic E-state index is 0. The van der Waals surface area contributed by atoms with Crippen molar-refractivity contribution in [2.45, 2.75) is 26.1 Å². The Morgan fingerprint density at radius 1 is 1.24 bits per heavy atom. The summed E-state index contributed by atoms with van der Waals surface area (Å²) in [4.78, 5) is 13.0. The first-order valence-corrected chi connectivity index (χ1v) is 8.14. The van der Waals surface area contributed by atoms with Crippen molar-refractivity contribution < 1.29 is 4.79 Å². The summed E-state index contributed by atoms with van der Waals surface area (Å²) < 4.78 is 1.06. The van der Waals surface area contributed by atoms with E-state index in [9.17, 15) is 4.79 Å². The molecule has 21 heavy (non-hydrogen) atoms. The van der Waals surface area contributed by atoms with Gasteiger partial charge in [-0.15, -0.1) is 23.7 Å². The van der Waals surface area contributed by atoms with Gasteiger partial charge in [-0.05, 0) is 44.8 Å². The zero-order chi connectivity index (χ0) is 13.9. The molecule has 0 radical (unpaired) electrons. The molecule has 6 heteroatoms. The van der Waals surface area contributed by atoms with Crippen LogP contribution in [0.4, 0.5) is 0 Å². The molecule has 2 heterocycles. The molecule has 0 saturated heterocycles. The highest BCUT2D eigenvalue weighted by molar-refractivity contribution is 9.11.